The summed E-state index contributed by atoms with van der Waals surface area (Å²) in [4.78, 5) is 37.8. The minimum atomic E-state index is -0.658. The van der Waals surface area contributed by atoms with Crippen LogP contribution < -0.4 is 20.4 Å². The molecule has 0 unspecified atom stereocenters. The van der Waals surface area contributed by atoms with Crippen LogP contribution in [0.15, 0.2) is 39.9 Å². The van der Waals surface area contributed by atoms with Crippen molar-refractivity contribution in [1.29, 1.82) is 0 Å². The molecule has 0 spiro atoms. The normalized spacial score (nSPS) is 10.6. The molecular weight excluding hydrogens is 456 g/mol. The van der Waals surface area contributed by atoms with Crippen LogP contribution >= 0.6 is 23.1 Å². The number of amides is 2. The van der Waals surface area contributed by atoms with Gasteiger partial charge in [0.25, 0.3) is 10.9 Å². The van der Waals surface area contributed by atoms with Crippen molar-refractivity contribution in [2.75, 3.05) is 23.5 Å². The number of benzene rings is 1. The van der Waals surface area contributed by atoms with Crippen molar-refractivity contribution >= 4 is 51.6 Å². The largest absolute Gasteiger partial charge is 0.538 e. The topological polar surface area (TPSA) is 137 Å². The molecule has 0 atom stereocenters. The number of methoxy groups -OCH3 is 1. The standard InChI is InChI=1S/C20H20N4O6S2/c1-11-14(19(27)29-3)17(32-15(11)16(26)21-12-7-5-4-6-8-12)22-13(25)9-10-31-18-20(28)30-23-24(18)2/h4-8H,9-10H2,1-3H3,(H2-,21,22,23,25,26,27,28). The lowest BCUT2D eigenvalue weighted by Gasteiger charge is -2.05. The number of hydrogen-bond donors (Lipinski definition) is 2. The van der Waals surface area contributed by atoms with Crippen LogP contribution in [0.1, 0.15) is 32.0 Å². The first-order chi connectivity index (χ1) is 15.3. The highest BCUT2D eigenvalue weighted by Crippen LogP contribution is 2.34. The van der Waals surface area contributed by atoms with E-state index in [0.29, 0.717) is 11.3 Å². The molecule has 0 saturated heterocycles. The summed E-state index contributed by atoms with van der Waals surface area (Å²) in [5.41, 5.74) is 1.14. The number of thiophene rings is 1. The van der Waals surface area contributed by atoms with Crippen molar-refractivity contribution in [3.63, 3.8) is 0 Å². The second kappa shape index (κ2) is 10.3. The van der Waals surface area contributed by atoms with E-state index in [2.05, 4.69) is 20.4 Å². The van der Waals surface area contributed by atoms with Gasteiger partial charge < -0.3 is 25.0 Å². The summed E-state index contributed by atoms with van der Waals surface area (Å²) in [6.45, 7) is 1.62. The number of hydrogen-bond acceptors (Lipinski definition) is 9. The Labute approximate surface area is 191 Å². The maximum Gasteiger partial charge on any atom is 0.341 e. The van der Waals surface area contributed by atoms with Crippen molar-refractivity contribution in [2.24, 2.45) is 7.05 Å². The molecule has 12 heteroatoms. The third-order valence-corrected chi connectivity index (χ3v) is 6.63. The molecule has 0 saturated carbocycles. The number of thioether (sulfide) groups is 1. The number of esters is 1. The van der Waals surface area contributed by atoms with Crippen LogP contribution in [0.3, 0.4) is 0 Å². The van der Waals surface area contributed by atoms with E-state index in [1.807, 2.05) is 6.07 Å². The van der Waals surface area contributed by atoms with Gasteiger partial charge in [-0.05, 0) is 24.6 Å². The number of carbonyl (C=O) groups excluding carboxylic acids is 3. The molecule has 10 nitrogen and oxygen atoms in total. The first kappa shape index (κ1) is 23.3. The first-order valence-electron chi connectivity index (χ1n) is 9.35. The van der Waals surface area contributed by atoms with Crippen LogP contribution in [-0.2, 0) is 16.6 Å². The molecule has 3 rings (SSSR count). The number of anilines is 2. The molecular formula is C20H20N4O6S2. The number of nitrogens with zero attached hydrogens (tertiary/aromatic N) is 2. The molecule has 0 aliphatic rings. The summed E-state index contributed by atoms with van der Waals surface area (Å²) in [6, 6.07) is 8.89. The third kappa shape index (κ3) is 5.26. The molecule has 0 fully saturated rings. The van der Waals surface area contributed by atoms with E-state index in [9.17, 15) is 19.5 Å². The van der Waals surface area contributed by atoms with Crippen LogP contribution in [0.4, 0.5) is 10.7 Å². The summed E-state index contributed by atoms with van der Waals surface area (Å²) >= 11 is 2.12. The van der Waals surface area contributed by atoms with Crippen LogP contribution in [0.2, 0.25) is 0 Å². The molecule has 0 aliphatic carbocycles. The zero-order chi connectivity index (χ0) is 23.3. The zero-order valence-electron chi connectivity index (χ0n) is 17.5. The molecule has 168 valence electrons. The Morgan fingerprint density at radius 3 is 2.59 bits per heavy atom. The molecule has 2 aromatic heterocycles. The Hall–Kier alpha value is -3.38. The number of rotatable bonds is 8. The second-order valence-electron chi connectivity index (χ2n) is 6.51. The van der Waals surface area contributed by atoms with Gasteiger partial charge in [0.05, 0.1) is 22.8 Å². The number of aryl methyl sites for hydroxylation is 1. The maximum atomic E-state index is 12.7. The van der Waals surface area contributed by atoms with Crippen molar-refractivity contribution in [1.82, 2.24) is 5.27 Å². The van der Waals surface area contributed by atoms with E-state index in [-0.39, 0.29) is 38.5 Å². The highest BCUT2D eigenvalue weighted by atomic mass is 32.2. The predicted octanol–water partition coefficient (Wildman–Crippen LogP) is 2.10. The predicted molar refractivity (Wildman–Crippen MR) is 116 cm³/mol. The van der Waals surface area contributed by atoms with Crippen molar-refractivity contribution in [2.45, 2.75) is 18.4 Å². The van der Waals surface area contributed by atoms with Gasteiger partial charge in [-0.15, -0.1) is 11.3 Å². The first-order valence-corrected chi connectivity index (χ1v) is 11.2. The van der Waals surface area contributed by atoms with E-state index >= 15 is 0 Å². The highest BCUT2D eigenvalue weighted by Gasteiger charge is 2.26. The summed E-state index contributed by atoms with van der Waals surface area (Å²) in [7, 11) is 2.79. The average Bonchev–Trinajstić information content (AvgIpc) is 3.27. The fraction of sp³-hybridized carbons (Fsp3) is 0.250. The molecule has 0 aliphatic heterocycles. The Kier molecular flexibility index (Phi) is 7.49. The molecule has 2 heterocycles. The Morgan fingerprint density at radius 1 is 1.25 bits per heavy atom. The molecule has 0 radical (unpaired) electrons. The average molecular weight is 477 g/mol. The van der Waals surface area contributed by atoms with Gasteiger partial charge in [-0.3, -0.25) is 9.59 Å². The van der Waals surface area contributed by atoms with E-state index < -0.39 is 17.8 Å². The summed E-state index contributed by atoms with van der Waals surface area (Å²) in [5.74, 6) is -1.73. The van der Waals surface area contributed by atoms with E-state index in [1.54, 1.807) is 38.2 Å². The smallest absolute Gasteiger partial charge is 0.341 e. The lowest BCUT2D eigenvalue weighted by atomic mass is 10.1. The number of nitrogens with one attached hydrogen (secondary N) is 2. The van der Waals surface area contributed by atoms with Gasteiger partial charge >= 0.3 is 5.97 Å². The number of para-hydroxylation sites is 1. The fourth-order valence-electron chi connectivity index (χ4n) is 2.76. The van der Waals surface area contributed by atoms with Gasteiger partial charge in [0.1, 0.15) is 5.00 Å². The Bertz CT molecular complexity index is 1120. The summed E-state index contributed by atoms with van der Waals surface area (Å²) < 4.78 is 10.7. The maximum absolute atomic E-state index is 12.7. The van der Waals surface area contributed by atoms with Gasteiger partial charge in [-0.25, -0.2) is 4.79 Å². The van der Waals surface area contributed by atoms with Gasteiger partial charge in [0.15, 0.2) is 13.0 Å². The van der Waals surface area contributed by atoms with E-state index in [0.717, 1.165) is 23.1 Å². The number of aromatic nitrogens is 2. The van der Waals surface area contributed by atoms with E-state index in [1.165, 1.54) is 11.8 Å². The number of ether oxygens (including phenoxy) is 1. The van der Waals surface area contributed by atoms with Crippen LogP contribution in [-0.4, -0.2) is 35.9 Å². The van der Waals surface area contributed by atoms with Crippen molar-refractivity contribution < 1.29 is 33.4 Å². The molecule has 1 aromatic carbocycles. The van der Waals surface area contributed by atoms with E-state index in [4.69, 9.17) is 4.74 Å². The molecule has 2 amide bonds. The lowest BCUT2D eigenvalue weighted by Crippen LogP contribution is -2.32. The van der Waals surface area contributed by atoms with Crippen molar-refractivity contribution in [3.05, 3.63) is 46.3 Å². The minimum absolute atomic E-state index is 0.0540. The van der Waals surface area contributed by atoms with Crippen LogP contribution in [0.25, 0.3) is 0 Å². The molecule has 0 bridgehead atoms. The van der Waals surface area contributed by atoms with Gasteiger partial charge in [0, 0.05) is 17.9 Å². The minimum Gasteiger partial charge on any atom is -0.538 e. The third-order valence-electron chi connectivity index (χ3n) is 4.31. The van der Waals surface area contributed by atoms with Gasteiger partial charge in [-0.2, -0.15) is 0 Å². The second-order valence-corrected chi connectivity index (χ2v) is 8.61. The summed E-state index contributed by atoms with van der Waals surface area (Å²) in [6.07, 6.45) is 0.0540. The monoisotopic (exact) mass is 476 g/mol. The molecule has 3 aromatic rings. The molecule has 32 heavy (non-hydrogen) atoms. The van der Waals surface area contributed by atoms with Crippen LogP contribution in [0, 0.1) is 6.92 Å². The molecule has 2 N–H and O–H groups in total. The van der Waals surface area contributed by atoms with Crippen molar-refractivity contribution in [3.8, 4) is 5.95 Å². The van der Waals surface area contributed by atoms with Gasteiger partial charge in [0.2, 0.25) is 5.91 Å². The zero-order valence-corrected chi connectivity index (χ0v) is 19.1. The lowest BCUT2D eigenvalue weighted by molar-refractivity contribution is -0.772. The number of carbonyl (C=O) groups is 3. The van der Waals surface area contributed by atoms with Gasteiger partial charge in [-0.1, -0.05) is 34.6 Å². The highest BCUT2D eigenvalue weighted by molar-refractivity contribution is 7.99. The quantitative estimate of drug-likeness (QED) is 0.286. The Balaban J connectivity index is 1.73. The SMILES string of the molecule is COC(=O)c1c(NC(=O)CCSc2c([O-])on[n+]2C)sc(C(=O)Nc2ccccc2)c1C. The fourth-order valence-corrected chi connectivity index (χ4v) is 4.73. The Morgan fingerprint density at radius 2 is 1.97 bits per heavy atom. The van der Waals surface area contributed by atoms with Crippen LogP contribution in [0.5, 0.6) is 5.95 Å². The summed E-state index contributed by atoms with van der Waals surface area (Å²) in [5, 5.41) is 21.0.